The third kappa shape index (κ3) is 6.53. The van der Waals surface area contributed by atoms with Crippen molar-refractivity contribution in [2.24, 2.45) is 0 Å². The summed E-state index contributed by atoms with van der Waals surface area (Å²) in [4.78, 5) is 17.0. The van der Waals surface area contributed by atoms with Crippen molar-refractivity contribution in [3.8, 4) is 28.4 Å². The zero-order valence-electron chi connectivity index (χ0n) is 18.0. The Hall–Kier alpha value is -3.09. The lowest BCUT2D eigenvalue weighted by Crippen LogP contribution is -2.14. The number of aromatic nitrogens is 4. The molecule has 0 fully saturated rings. The largest absolute Gasteiger partial charge is 0.435 e. The van der Waals surface area contributed by atoms with E-state index in [0.29, 0.717) is 28.2 Å². The predicted octanol–water partition coefficient (Wildman–Crippen LogP) is 6.35. The Morgan fingerprint density at radius 3 is 2.57 bits per heavy atom. The van der Waals surface area contributed by atoms with Crippen molar-refractivity contribution < 1.29 is 18.3 Å². The molecule has 0 atom stereocenters. The van der Waals surface area contributed by atoms with Gasteiger partial charge in [-0.1, -0.05) is 45.9 Å². The molecule has 2 aromatic carbocycles. The lowest BCUT2D eigenvalue weighted by atomic mass is 10.2. The molecule has 0 aliphatic carbocycles. The van der Waals surface area contributed by atoms with Crippen LogP contribution in [-0.2, 0) is 11.3 Å². The van der Waals surface area contributed by atoms with E-state index < -0.39 is 6.61 Å². The van der Waals surface area contributed by atoms with E-state index in [9.17, 15) is 13.6 Å². The van der Waals surface area contributed by atoms with Gasteiger partial charge in [0.25, 0.3) is 0 Å². The highest BCUT2D eigenvalue weighted by Gasteiger charge is 2.16. The molecule has 2 aromatic heterocycles. The molecule has 0 bridgehead atoms. The summed E-state index contributed by atoms with van der Waals surface area (Å²) in [5.41, 5.74) is 2.41. The number of alkyl halides is 2. The Labute approximate surface area is 216 Å². The van der Waals surface area contributed by atoms with Gasteiger partial charge in [0, 0.05) is 27.5 Å². The fraction of sp³-hybridized carbons (Fsp3) is 0.130. The molecule has 35 heavy (non-hydrogen) atoms. The zero-order valence-corrected chi connectivity index (χ0v) is 21.2. The van der Waals surface area contributed by atoms with Crippen LogP contribution in [0.4, 0.5) is 13.9 Å². The molecular weight excluding hydrogens is 560 g/mol. The average Bonchev–Trinajstić information content (AvgIpc) is 3.46. The maximum absolute atomic E-state index is 12.5. The van der Waals surface area contributed by atoms with Crippen LogP contribution in [0.1, 0.15) is 0 Å². The summed E-state index contributed by atoms with van der Waals surface area (Å²) in [7, 11) is 0. The zero-order chi connectivity index (χ0) is 24.8. The van der Waals surface area contributed by atoms with Gasteiger partial charge < -0.3 is 10.1 Å². The normalized spacial score (nSPS) is 11.0. The number of anilines is 1. The SMILES string of the molecule is C=CCn1c(SCC(=O)Nc2nc(-c3ccc(Br)cc3)cs2)nnc1-c1ccc(OC(F)F)cc1. The number of halogens is 3. The molecule has 180 valence electrons. The summed E-state index contributed by atoms with van der Waals surface area (Å²) in [6.07, 6.45) is 1.69. The van der Waals surface area contributed by atoms with Crippen LogP contribution >= 0.6 is 39.0 Å². The molecule has 4 rings (SSSR count). The highest BCUT2D eigenvalue weighted by Crippen LogP contribution is 2.28. The van der Waals surface area contributed by atoms with Crippen molar-refractivity contribution in [2.75, 3.05) is 11.1 Å². The van der Waals surface area contributed by atoms with Crippen LogP contribution in [0.5, 0.6) is 5.75 Å². The minimum absolute atomic E-state index is 0.0512. The second-order valence-corrected chi connectivity index (χ2v) is 9.71. The predicted molar refractivity (Wildman–Crippen MR) is 137 cm³/mol. The molecule has 12 heteroatoms. The van der Waals surface area contributed by atoms with Crippen LogP contribution in [-0.4, -0.2) is 38.0 Å². The number of ether oxygens (including phenoxy) is 1. The number of amides is 1. The first-order chi connectivity index (χ1) is 16.9. The quantitative estimate of drug-likeness (QED) is 0.175. The van der Waals surface area contributed by atoms with Crippen LogP contribution < -0.4 is 10.1 Å². The molecule has 0 spiro atoms. The van der Waals surface area contributed by atoms with Crippen LogP contribution in [0, 0.1) is 0 Å². The van der Waals surface area contributed by atoms with E-state index in [1.165, 1.54) is 35.2 Å². The average molecular weight is 578 g/mol. The van der Waals surface area contributed by atoms with Crippen molar-refractivity contribution in [1.82, 2.24) is 19.7 Å². The lowest BCUT2D eigenvalue weighted by Gasteiger charge is -2.09. The Kier molecular flexibility index (Phi) is 8.26. The number of carbonyl (C=O) groups excluding carboxylic acids is 1. The molecule has 0 unspecified atom stereocenters. The summed E-state index contributed by atoms with van der Waals surface area (Å²) in [6.45, 7) is 1.28. The molecule has 0 saturated heterocycles. The van der Waals surface area contributed by atoms with E-state index in [4.69, 9.17) is 0 Å². The van der Waals surface area contributed by atoms with E-state index in [2.05, 4.69) is 47.7 Å². The Morgan fingerprint density at radius 2 is 1.89 bits per heavy atom. The monoisotopic (exact) mass is 577 g/mol. The smallest absolute Gasteiger partial charge is 0.387 e. The Morgan fingerprint density at radius 1 is 1.17 bits per heavy atom. The summed E-state index contributed by atoms with van der Waals surface area (Å²) in [5.74, 6) is 0.449. The number of allylic oxidation sites excluding steroid dienone is 1. The van der Waals surface area contributed by atoms with Crippen LogP contribution in [0.3, 0.4) is 0 Å². The number of thioether (sulfide) groups is 1. The van der Waals surface area contributed by atoms with Gasteiger partial charge in [-0.15, -0.1) is 28.1 Å². The van der Waals surface area contributed by atoms with Gasteiger partial charge in [-0.25, -0.2) is 4.98 Å². The topological polar surface area (TPSA) is 81.9 Å². The molecule has 4 aromatic rings. The van der Waals surface area contributed by atoms with Crippen molar-refractivity contribution in [3.05, 3.63) is 71.0 Å². The molecule has 0 saturated carbocycles. The fourth-order valence-electron chi connectivity index (χ4n) is 3.06. The number of hydrogen-bond donors (Lipinski definition) is 1. The van der Waals surface area contributed by atoms with Crippen LogP contribution in [0.25, 0.3) is 22.6 Å². The molecule has 7 nitrogen and oxygen atoms in total. The molecule has 2 heterocycles. The van der Waals surface area contributed by atoms with Crippen molar-refractivity contribution >= 4 is 50.1 Å². The first-order valence-corrected chi connectivity index (χ1v) is 12.8. The Bertz CT molecular complexity index is 1310. The first-order valence-electron chi connectivity index (χ1n) is 10.2. The third-order valence-electron chi connectivity index (χ3n) is 4.59. The first kappa shape index (κ1) is 25.0. The number of benzene rings is 2. The second kappa shape index (κ2) is 11.6. The number of nitrogens with one attached hydrogen (secondary N) is 1. The van der Waals surface area contributed by atoms with Crippen LogP contribution in [0.15, 0.2) is 76.2 Å². The van der Waals surface area contributed by atoms with E-state index in [0.717, 1.165) is 15.7 Å². The minimum Gasteiger partial charge on any atom is -0.435 e. The van der Waals surface area contributed by atoms with Gasteiger partial charge in [0.2, 0.25) is 5.91 Å². The van der Waals surface area contributed by atoms with Crippen molar-refractivity contribution in [2.45, 2.75) is 18.3 Å². The second-order valence-electron chi connectivity index (χ2n) is 6.99. The van der Waals surface area contributed by atoms with Gasteiger partial charge in [0.05, 0.1) is 11.4 Å². The molecule has 0 aliphatic rings. The van der Waals surface area contributed by atoms with E-state index in [1.807, 2.05) is 29.6 Å². The number of nitrogens with zero attached hydrogens (tertiary/aromatic N) is 4. The highest BCUT2D eigenvalue weighted by molar-refractivity contribution is 9.10. The fourth-order valence-corrected chi connectivity index (χ4v) is 4.81. The van der Waals surface area contributed by atoms with E-state index in [-0.39, 0.29) is 17.4 Å². The van der Waals surface area contributed by atoms with E-state index in [1.54, 1.807) is 22.8 Å². The third-order valence-corrected chi connectivity index (χ3v) is 6.84. The molecule has 0 radical (unpaired) electrons. The standard InChI is InChI=1S/C23H18BrF2N5O2S2/c1-2-11-31-20(15-5-9-17(10-6-15)33-21(25)26)29-30-23(31)35-13-19(32)28-22-27-18(12-34-22)14-3-7-16(24)8-4-14/h2-10,12,21H,1,11,13H2,(H,27,28,32). The number of thiazole rings is 1. The molecule has 0 aliphatic heterocycles. The number of hydrogen-bond acceptors (Lipinski definition) is 7. The molecule has 1 amide bonds. The lowest BCUT2D eigenvalue weighted by molar-refractivity contribution is -0.113. The highest BCUT2D eigenvalue weighted by atomic mass is 79.9. The van der Waals surface area contributed by atoms with Gasteiger partial charge in [-0.2, -0.15) is 8.78 Å². The number of rotatable bonds is 10. The van der Waals surface area contributed by atoms with E-state index >= 15 is 0 Å². The van der Waals surface area contributed by atoms with Gasteiger partial charge >= 0.3 is 6.61 Å². The van der Waals surface area contributed by atoms with Gasteiger partial charge in [-0.05, 0) is 36.4 Å². The maximum Gasteiger partial charge on any atom is 0.387 e. The van der Waals surface area contributed by atoms with Crippen LogP contribution in [0.2, 0.25) is 0 Å². The Balaban J connectivity index is 1.40. The van der Waals surface area contributed by atoms with Crippen molar-refractivity contribution in [1.29, 1.82) is 0 Å². The maximum atomic E-state index is 12.5. The van der Waals surface area contributed by atoms with Gasteiger partial charge in [-0.3, -0.25) is 9.36 Å². The summed E-state index contributed by atoms with van der Waals surface area (Å²) in [6, 6.07) is 13.9. The summed E-state index contributed by atoms with van der Waals surface area (Å²) >= 11 is 5.98. The summed E-state index contributed by atoms with van der Waals surface area (Å²) in [5, 5.41) is 14.1. The molecule has 1 N–H and O–H groups in total. The van der Waals surface area contributed by atoms with Gasteiger partial charge in [0.1, 0.15) is 5.75 Å². The van der Waals surface area contributed by atoms with Gasteiger partial charge in [0.15, 0.2) is 16.1 Å². The minimum atomic E-state index is -2.89. The number of carbonyl (C=O) groups is 1. The molecular formula is C23H18BrF2N5O2S2. The summed E-state index contributed by atoms with van der Waals surface area (Å²) < 4.78 is 31.9. The van der Waals surface area contributed by atoms with Crippen molar-refractivity contribution in [3.63, 3.8) is 0 Å².